The van der Waals surface area contributed by atoms with Gasteiger partial charge in [0.25, 0.3) is 0 Å². The van der Waals surface area contributed by atoms with Crippen LogP contribution in [0.2, 0.25) is 0 Å². The molecule has 0 aliphatic carbocycles. The summed E-state index contributed by atoms with van der Waals surface area (Å²) in [6.07, 6.45) is 1.03. The number of aryl methyl sites for hydroxylation is 1. The normalized spacial score (nSPS) is 10.5. The van der Waals surface area contributed by atoms with E-state index in [2.05, 4.69) is 52.0 Å². The molecule has 0 atom stereocenters. The van der Waals surface area contributed by atoms with Crippen molar-refractivity contribution in [2.45, 2.75) is 18.7 Å². The van der Waals surface area contributed by atoms with Gasteiger partial charge in [-0.15, -0.1) is 0 Å². The fourth-order valence-electron chi connectivity index (χ4n) is 2.08. The average Bonchev–Trinajstić information content (AvgIpc) is 2.46. The molecule has 0 saturated heterocycles. The van der Waals surface area contributed by atoms with Crippen molar-refractivity contribution in [1.82, 2.24) is 0 Å². The molecule has 0 spiro atoms. The summed E-state index contributed by atoms with van der Waals surface area (Å²) >= 11 is 3.41. The molecule has 0 fully saturated rings. The van der Waals surface area contributed by atoms with Gasteiger partial charge >= 0.3 is 0 Å². The number of nitrogens with zero attached hydrogens (tertiary/aromatic N) is 1. The molecule has 0 aliphatic rings. The lowest BCUT2D eigenvalue weighted by Gasteiger charge is -2.22. The lowest BCUT2D eigenvalue weighted by molar-refractivity contribution is 0.626. The highest BCUT2D eigenvalue weighted by Crippen LogP contribution is 2.29. The molecular formula is C16H17BrFN. The summed E-state index contributed by atoms with van der Waals surface area (Å²) in [6.45, 7) is 2.14. The SMILES string of the molecule is CCc1ccc(N(C)c2ccc(F)cc2CBr)cc1. The van der Waals surface area contributed by atoms with Crippen LogP contribution in [0.15, 0.2) is 42.5 Å². The van der Waals surface area contributed by atoms with E-state index in [9.17, 15) is 4.39 Å². The van der Waals surface area contributed by atoms with Crippen LogP contribution in [0.5, 0.6) is 0 Å². The number of hydrogen-bond donors (Lipinski definition) is 0. The summed E-state index contributed by atoms with van der Waals surface area (Å²) in [5, 5.41) is 0.636. The Kier molecular flexibility index (Phi) is 4.59. The Labute approximate surface area is 122 Å². The van der Waals surface area contributed by atoms with E-state index in [1.165, 1.54) is 11.6 Å². The average molecular weight is 322 g/mol. The maximum absolute atomic E-state index is 13.3. The molecule has 0 aromatic heterocycles. The van der Waals surface area contributed by atoms with E-state index in [1.54, 1.807) is 6.07 Å². The van der Waals surface area contributed by atoms with Crippen molar-refractivity contribution in [3.8, 4) is 0 Å². The van der Waals surface area contributed by atoms with Crippen LogP contribution in [0.25, 0.3) is 0 Å². The molecule has 3 heteroatoms. The van der Waals surface area contributed by atoms with E-state index in [0.717, 1.165) is 23.4 Å². The van der Waals surface area contributed by atoms with Crippen LogP contribution in [0, 0.1) is 5.82 Å². The Morgan fingerprint density at radius 3 is 2.37 bits per heavy atom. The van der Waals surface area contributed by atoms with E-state index >= 15 is 0 Å². The third kappa shape index (κ3) is 3.16. The van der Waals surface area contributed by atoms with Gasteiger partial charge < -0.3 is 4.90 Å². The summed E-state index contributed by atoms with van der Waals surface area (Å²) in [5.74, 6) is -0.201. The van der Waals surface area contributed by atoms with Crippen molar-refractivity contribution >= 4 is 27.3 Å². The van der Waals surface area contributed by atoms with Crippen molar-refractivity contribution in [3.63, 3.8) is 0 Å². The Hall–Kier alpha value is -1.35. The number of anilines is 2. The molecule has 0 heterocycles. The molecule has 0 unspecified atom stereocenters. The van der Waals surface area contributed by atoms with Crippen LogP contribution in [-0.2, 0) is 11.8 Å². The van der Waals surface area contributed by atoms with Crippen molar-refractivity contribution in [2.24, 2.45) is 0 Å². The summed E-state index contributed by atoms with van der Waals surface area (Å²) in [6, 6.07) is 13.3. The Balaban J connectivity index is 2.34. The highest BCUT2D eigenvalue weighted by molar-refractivity contribution is 9.08. The summed E-state index contributed by atoms with van der Waals surface area (Å²) in [5.41, 5.74) is 4.38. The zero-order chi connectivity index (χ0) is 13.8. The molecule has 0 aliphatic heterocycles. The van der Waals surface area contributed by atoms with Crippen LogP contribution in [0.1, 0.15) is 18.1 Å². The summed E-state index contributed by atoms with van der Waals surface area (Å²) in [4.78, 5) is 2.08. The van der Waals surface area contributed by atoms with Gasteiger partial charge in [0.05, 0.1) is 0 Å². The van der Waals surface area contributed by atoms with Crippen LogP contribution >= 0.6 is 15.9 Å². The van der Waals surface area contributed by atoms with E-state index in [0.29, 0.717) is 5.33 Å². The Morgan fingerprint density at radius 2 is 1.79 bits per heavy atom. The van der Waals surface area contributed by atoms with E-state index in [-0.39, 0.29) is 5.82 Å². The molecule has 0 amide bonds. The van der Waals surface area contributed by atoms with Gasteiger partial charge in [-0.3, -0.25) is 0 Å². The van der Waals surface area contributed by atoms with Crippen molar-refractivity contribution in [2.75, 3.05) is 11.9 Å². The van der Waals surface area contributed by atoms with Crippen LogP contribution in [0.3, 0.4) is 0 Å². The fraction of sp³-hybridized carbons (Fsp3) is 0.250. The van der Waals surface area contributed by atoms with Gasteiger partial charge in [-0.1, -0.05) is 35.0 Å². The van der Waals surface area contributed by atoms with Crippen LogP contribution in [0.4, 0.5) is 15.8 Å². The summed E-state index contributed by atoms with van der Waals surface area (Å²) in [7, 11) is 2.00. The van der Waals surface area contributed by atoms with Gasteiger partial charge in [-0.25, -0.2) is 4.39 Å². The number of rotatable bonds is 4. The third-order valence-corrected chi connectivity index (χ3v) is 3.88. The van der Waals surface area contributed by atoms with Gasteiger partial charge in [0.1, 0.15) is 5.82 Å². The van der Waals surface area contributed by atoms with Crippen molar-refractivity contribution in [3.05, 3.63) is 59.4 Å². The monoisotopic (exact) mass is 321 g/mol. The minimum absolute atomic E-state index is 0.201. The van der Waals surface area contributed by atoms with Gasteiger partial charge in [0, 0.05) is 23.8 Å². The molecule has 2 rings (SSSR count). The van der Waals surface area contributed by atoms with Gasteiger partial charge in [-0.05, 0) is 47.9 Å². The Morgan fingerprint density at radius 1 is 1.11 bits per heavy atom. The topological polar surface area (TPSA) is 3.24 Å². The maximum Gasteiger partial charge on any atom is 0.123 e. The largest absolute Gasteiger partial charge is 0.344 e. The van der Waals surface area contributed by atoms with Crippen LogP contribution in [-0.4, -0.2) is 7.05 Å². The predicted molar refractivity (Wildman–Crippen MR) is 82.9 cm³/mol. The quantitative estimate of drug-likeness (QED) is 0.712. The molecule has 2 aromatic carbocycles. The molecule has 19 heavy (non-hydrogen) atoms. The standard InChI is InChI=1S/C16H17BrFN/c1-3-12-4-7-15(8-5-12)19(2)16-9-6-14(18)10-13(16)11-17/h4-10H,3,11H2,1-2H3. The molecule has 0 bridgehead atoms. The number of alkyl halides is 1. The smallest absolute Gasteiger partial charge is 0.123 e. The first-order chi connectivity index (χ1) is 9.15. The highest BCUT2D eigenvalue weighted by Gasteiger charge is 2.09. The first-order valence-electron chi connectivity index (χ1n) is 6.32. The molecule has 2 aromatic rings. The minimum atomic E-state index is -0.201. The zero-order valence-electron chi connectivity index (χ0n) is 11.2. The highest BCUT2D eigenvalue weighted by atomic mass is 79.9. The fourth-order valence-corrected chi connectivity index (χ4v) is 2.53. The summed E-state index contributed by atoms with van der Waals surface area (Å²) < 4.78 is 13.3. The lowest BCUT2D eigenvalue weighted by atomic mass is 10.1. The van der Waals surface area contributed by atoms with Gasteiger partial charge in [0.15, 0.2) is 0 Å². The number of halogens is 2. The molecule has 0 radical (unpaired) electrons. The zero-order valence-corrected chi connectivity index (χ0v) is 12.7. The molecule has 0 saturated carbocycles. The lowest BCUT2D eigenvalue weighted by Crippen LogP contribution is -2.11. The van der Waals surface area contributed by atoms with Crippen LogP contribution < -0.4 is 4.90 Å². The molecule has 100 valence electrons. The second kappa shape index (κ2) is 6.20. The molecular weight excluding hydrogens is 305 g/mol. The first-order valence-corrected chi connectivity index (χ1v) is 7.45. The third-order valence-electron chi connectivity index (χ3n) is 3.28. The number of hydrogen-bond acceptors (Lipinski definition) is 1. The van der Waals surface area contributed by atoms with Gasteiger partial charge in [-0.2, -0.15) is 0 Å². The second-order valence-electron chi connectivity index (χ2n) is 4.49. The van der Waals surface area contributed by atoms with Crippen molar-refractivity contribution < 1.29 is 4.39 Å². The molecule has 0 N–H and O–H groups in total. The Bertz CT molecular complexity index is 551. The van der Waals surface area contributed by atoms with E-state index < -0.39 is 0 Å². The maximum atomic E-state index is 13.3. The van der Waals surface area contributed by atoms with Gasteiger partial charge in [0.2, 0.25) is 0 Å². The van der Waals surface area contributed by atoms with E-state index in [4.69, 9.17) is 0 Å². The first kappa shape index (κ1) is 14.1. The minimum Gasteiger partial charge on any atom is -0.344 e. The predicted octanol–water partition coefficient (Wildman–Crippen LogP) is 5.05. The van der Waals surface area contributed by atoms with E-state index in [1.807, 2.05) is 13.1 Å². The van der Waals surface area contributed by atoms with Crippen molar-refractivity contribution in [1.29, 1.82) is 0 Å². The molecule has 1 nitrogen and oxygen atoms in total. The number of benzene rings is 2. The second-order valence-corrected chi connectivity index (χ2v) is 5.05.